The molecule has 180 valence electrons. The summed E-state index contributed by atoms with van der Waals surface area (Å²) < 4.78 is 41.6. The van der Waals surface area contributed by atoms with Gasteiger partial charge in [0.05, 0.1) is 24.8 Å². The summed E-state index contributed by atoms with van der Waals surface area (Å²) >= 11 is 6.60. The predicted molar refractivity (Wildman–Crippen MR) is 141 cm³/mol. The summed E-state index contributed by atoms with van der Waals surface area (Å²) in [4.78, 5) is 15.0. The molecule has 0 N–H and O–H groups in total. The Morgan fingerprint density at radius 3 is 2.23 bits per heavy atom. The molecule has 0 spiro atoms. The van der Waals surface area contributed by atoms with Crippen molar-refractivity contribution in [2.24, 2.45) is 0 Å². The highest BCUT2D eigenvalue weighted by Gasteiger charge is 2.33. The predicted octanol–water partition coefficient (Wildman–Crippen LogP) is 5.19. The van der Waals surface area contributed by atoms with Crippen LogP contribution in [0.5, 0.6) is 17.2 Å². The first-order valence-corrected chi connectivity index (χ1v) is 13.0. The highest BCUT2D eigenvalue weighted by molar-refractivity contribution is 8.27. The minimum Gasteiger partial charge on any atom is -0.497 e. The van der Waals surface area contributed by atoms with Gasteiger partial charge in [0.15, 0.2) is 15.8 Å². The standard InChI is InChI=1S/C25H21NO6S3/c1-16-4-11-20(12-5-16)35(28,29)32-21-13-6-17(14-22(21)31-3)15-23-24(27)26(25(33)34-23)18-7-9-19(30-2)10-8-18/h4-15H,1-3H3/b23-15+. The van der Waals surface area contributed by atoms with Gasteiger partial charge in [-0.1, -0.05) is 47.7 Å². The van der Waals surface area contributed by atoms with E-state index in [0.717, 1.165) is 5.56 Å². The zero-order chi connectivity index (χ0) is 25.2. The maximum absolute atomic E-state index is 13.0. The molecule has 0 aromatic heterocycles. The number of amides is 1. The van der Waals surface area contributed by atoms with E-state index in [-0.39, 0.29) is 22.3 Å². The molecular weight excluding hydrogens is 506 g/mol. The summed E-state index contributed by atoms with van der Waals surface area (Å²) in [5.74, 6) is 0.663. The van der Waals surface area contributed by atoms with Gasteiger partial charge in [-0.3, -0.25) is 9.69 Å². The minimum absolute atomic E-state index is 0.0380. The maximum atomic E-state index is 13.0. The Balaban J connectivity index is 1.58. The highest BCUT2D eigenvalue weighted by Crippen LogP contribution is 2.38. The molecule has 1 fully saturated rings. The van der Waals surface area contributed by atoms with E-state index < -0.39 is 10.1 Å². The Hall–Kier alpha value is -3.34. The summed E-state index contributed by atoms with van der Waals surface area (Å²) in [7, 11) is -1.06. The Labute approximate surface area is 213 Å². The number of carbonyl (C=O) groups is 1. The second kappa shape index (κ2) is 10.1. The number of methoxy groups -OCH3 is 2. The number of carbonyl (C=O) groups excluding carboxylic acids is 1. The van der Waals surface area contributed by atoms with Crippen LogP contribution in [0.3, 0.4) is 0 Å². The van der Waals surface area contributed by atoms with Gasteiger partial charge in [-0.25, -0.2) is 0 Å². The van der Waals surface area contributed by atoms with E-state index in [1.807, 2.05) is 6.92 Å². The van der Waals surface area contributed by atoms with E-state index in [1.54, 1.807) is 61.7 Å². The Morgan fingerprint density at radius 2 is 1.60 bits per heavy atom. The lowest BCUT2D eigenvalue weighted by molar-refractivity contribution is -0.113. The zero-order valence-electron chi connectivity index (χ0n) is 19.0. The van der Waals surface area contributed by atoms with Crippen LogP contribution in [-0.2, 0) is 14.9 Å². The van der Waals surface area contributed by atoms with Crippen LogP contribution in [0.25, 0.3) is 6.08 Å². The first kappa shape index (κ1) is 24.8. The maximum Gasteiger partial charge on any atom is 0.339 e. The van der Waals surface area contributed by atoms with Gasteiger partial charge < -0.3 is 13.7 Å². The van der Waals surface area contributed by atoms with Crippen molar-refractivity contribution in [2.45, 2.75) is 11.8 Å². The number of thiocarbonyl (C=S) groups is 1. The molecule has 0 radical (unpaired) electrons. The van der Waals surface area contributed by atoms with Gasteiger partial charge in [0.2, 0.25) is 0 Å². The van der Waals surface area contributed by atoms with Crippen LogP contribution >= 0.6 is 24.0 Å². The number of ether oxygens (including phenoxy) is 2. The van der Waals surface area contributed by atoms with Crippen molar-refractivity contribution >= 4 is 56.1 Å². The van der Waals surface area contributed by atoms with Crippen LogP contribution in [0.2, 0.25) is 0 Å². The summed E-state index contributed by atoms with van der Waals surface area (Å²) in [5.41, 5.74) is 2.19. The van der Waals surface area contributed by atoms with Crippen molar-refractivity contribution < 1.29 is 26.9 Å². The molecule has 0 bridgehead atoms. The van der Waals surface area contributed by atoms with E-state index in [0.29, 0.717) is 26.2 Å². The minimum atomic E-state index is -4.04. The van der Waals surface area contributed by atoms with Crippen molar-refractivity contribution in [3.8, 4) is 17.2 Å². The fourth-order valence-electron chi connectivity index (χ4n) is 3.29. The first-order chi connectivity index (χ1) is 16.7. The third kappa shape index (κ3) is 5.34. The molecule has 1 amide bonds. The average Bonchev–Trinajstić information content (AvgIpc) is 3.12. The van der Waals surface area contributed by atoms with Gasteiger partial charge in [0.25, 0.3) is 5.91 Å². The lowest BCUT2D eigenvalue weighted by atomic mass is 10.2. The number of benzene rings is 3. The van der Waals surface area contributed by atoms with Crippen molar-refractivity contribution in [2.75, 3.05) is 19.1 Å². The van der Waals surface area contributed by atoms with Gasteiger partial charge >= 0.3 is 10.1 Å². The largest absolute Gasteiger partial charge is 0.497 e. The first-order valence-electron chi connectivity index (χ1n) is 10.3. The third-order valence-corrected chi connectivity index (χ3v) is 7.67. The highest BCUT2D eigenvalue weighted by atomic mass is 32.2. The van der Waals surface area contributed by atoms with Crippen molar-refractivity contribution in [3.05, 3.63) is 82.8 Å². The number of thioether (sulfide) groups is 1. The number of hydrogen-bond acceptors (Lipinski definition) is 8. The quantitative estimate of drug-likeness (QED) is 0.236. The van der Waals surface area contributed by atoms with Crippen LogP contribution in [-0.4, -0.2) is 32.9 Å². The Bertz CT molecular complexity index is 1410. The summed E-state index contributed by atoms with van der Waals surface area (Å²) in [6.45, 7) is 1.86. The molecule has 7 nitrogen and oxygen atoms in total. The molecule has 3 aromatic carbocycles. The molecule has 1 heterocycles. The molecule has 10 heteroatoms. The van der Waals surface area contributed by atoms with Crippen LogP contribution in [0.4, 0.5) is 5.69 Å². The van der Waals surface area contributed by atoms with Gasteiger partial charge in [-0.2, -0.15) is 8.42 Å². The normalized spacial score (nSPS) is 14.9. The number of hydrogen-bond donors (Lipinski definition) is 0. The van der Waals surface area contributed by atoms with Gasteiger partial charge in [0.1, 0.15) is 10.6 Å². The summed E-state index contributed by atoms with van der Waals surface area (Å²) in [6.07, 6.45) is 1.67. The number of nitrogens with zero attached hydrogens (tertiary/aromatic N) is 1. The van der Waals surface area contributed by atoms with Crippen LogP contribution in [0.1, 0.15) is 11.1 Å². The third-order valence-electron chi connectivity index (χ3n) is 5.12. The molecule has 4 rings (SSSR count). The fourth-order valence-corrected chi connectivity index (χ4v) is 5.53. The number of anilines is 1. The lowest BCUT2D eigenvalue weighted by Gasteiger charge is -2.14. The van der Waals surface area contributed by atoms with Crippen LogP contribution in [0, 0.1) is 6.92 Å². The molecule has 0 aliphatic carbocycles. The SMILES string of the molecule is COc1ccc(N2C(=O)/C(=C\c3ccc(OS(=O)(=O)c4ccc(C)cc4)c(OC)c3)SC2=S)cc1. The van der Waals surface area contributed by atoms with E-state index in [1.165, 1.54) is 42.0 Å². The van der Waals surface area contributed by atoms with E-state index >= 15 is 0 Å². The molecule has 35 heavy (non-hydrogen) atoms. The Morgan fingerprint density at radius 1 is 0.914 bits per heavy atom. The van der Waals surface area contributed by atoms with Crippen molar-refractivity contribution in [3.63, 3.8) is 0 Å². The smallest absolute Gasteiger partial charge is 0.339 e. The Kier molecular flexibility index (Phi) is 7.15. The molecule has 1 aliphatic rings. The van der Waals surface area contributed by atoms with E-state index in [2.05, 4.69) is 0 Å². The van der Waals surface area contributed by atoms with E-state index in [9.17, 15) is 13.2 Å². The zero-order valence-corrected chi connectivity index (χ0v) is 21.5. The molecule has 0 atom stereocenters. The van der Waals surface area contributed by atoms with Gasteiger partial charge in [-0.05, 0) is 67.1 Å². The molecule has 0 unspecified atom stereocenters. The van der Waals surface area contributed by atoms with Crippen molar-refractivity contribution in [1.82, 2.24) is 0 Å². The van der Waals surface area contributed by atoms with Crippen LogP contribution < -0.4 is 18.6 Å². The topological polar surface area (TPSA) is 82.1 Å². The lowest BCUT2D eigenvalue weighted by Crippen LogP contribution is -2.27. The average molecular weight is 528 g/mol. The van der Waals surface area contributed by atoms with E-state index in [4.69, 9.17) is 25.9 Å². The second-order valence-electron chi connectivity index (χ2n) is 7.48. The van der Waals surface area contributed by atoms with Gasteiger partial charge in [0, 0.05) is 0 Å². The van der Waals surface area contributed by atoms with Crippen molar-refractivity contribution in [1.29, 1.82) is 0 Å². The fraction of sp³-hybridized carbons (Fsp3) is 0.120. The number of aryl methyl sites for hydroxylation is 1. The number of rotatable bonds is 7. The molecule has 1 saturated heterocycles. The molecule has 3 aromatic rings. The summed E-state index contributed by atoms with van der Waals surface area (Å²) in [6, 6.07) is 18.1. The molecule has 1 aliphatic heterocycles. The van der Waals surface area contributed by atoms with Crippen LogP contribution in [0.15, 0.2) is 76.5 Å². The molecule has 0 saturated carbocycles. The summed E-state index contributed by atoms with van der Waals surface area (Å²) in [5, 5.41) is 0. The molecular formula is C25H21NO6S3. The van der Waals surface area contributed by atoms with Gasteiger partial charge in [-0.15, -0.1) is 0 Å². The monoisotopic (exact) mass is 527 g/mol. The second-order valence-corrected chi connectivity index (χ2v) is 10.7.